The van der Waals surface area contributed by atoms with Gasteiger partial charge in [-0.3, -0.25) is 19.0 Å². The fourth-order valence-electron chi connectivity index (χ4n) is 2.60. The molecule has 3 aromatic rings. The number of rotatable bonds is 5. The zero-order valence-electron chi connectivity index (χ0n) is 16.9. The van der Waals surface area contributed by atoms with Crippen LogP contribution in [0.25, 0.3) is 10.9 Å². The first-order valence-electron chi connectivity index (χ1n) is 9.20. The van der Waals surface area contributed by atoms with Gasteiger partial charge in [-0.25, -0.2) is 4.98 Å². The third-order valence-electron chi connectivity index (χ3n) is 4.42. The number of carbonyl (C=O) groups is 2. The number of aromatic nitrogens is 2. The molecular weight excluding hydrogens is 386 g/mol. The zero-order chi connectivity index (χ0) is 21.2. The first kappa shape index (κ1) is 20.8. The quantitative estimate of drug-likeness (QED) is 0.393. The number of hydrogen-bond donors (Lipinski definition) is 1. The van der Waals surface area contributed by atoms with Gasteiger partial charge in [0.2, 0.25) is 5.91 Å². The van der Waals surface area contributed by atoms with E-state index in [2.05, 4.69) is 10.3 Å². The predicted octanol–water partition coefficient (Wildman–Crippen LogP) is 3.89. The van der Waals surface area contributed by atoms with Crippen LogP contribution < -0.4 is 10.9 Å². The average Bonchev–Trinajstić information content (AvgIpc) is 2.69. The molecule has 0 saturated heterocycles. The summed E-state index contributed by atoms with van der Waals surface area (Å²) < 4.78 is 1.46. The van der Waals surface area contributed by atoms with Crippen LogP contribution in [-0.2, 0) is 11.8 Å². The number of ketones is 1. The molecule has 1 N–H and O–H groups in total. The van der Waals surface area contributed by atoms with Gasteiger partial charge >= 0.3 is 0 Å². The van der Waals surface area contributed by atoms with Crippen molar-refractivity contribution in [2.24, 2.45) is 12.5 Å². The van der Waals surface area contributed by atoms with Crippen LogP contribution in [0.15, 0.2) is 58.5 Å². The van der Waals surface area contributed by atoms with Crippen molar-refractivity contribution in [1.82, 2.24) is 9.55 Å². The molecular formula is C22H23N3O3S. The molecule has 6 nitrogen and oxygen atoms in total. The number of amides is 1. The van der Waals surface area contributed by atoms with Gasteiger partial charge in [0.1, 0.15) is 0 Å². The Morgan fingerprint density at radius 2 is 1.72 bits per heavy atom. The van der Waals surface area contributed by atoms with Crippen LogP contribution in [0.5, 0.6) is 0 Å². The normalized spacial score (nSPS) is 11.4. The standard InChI is InChI=1S/C22H23N3O3S/c1-22(2,3)20(28)23-15-11-9-14(10-12-15)18(26)13-29-21-24-17-8-6-5-7-16(17)19(27)25(21)4/h5-12H,13H2,1-4H3,(H,23,28). The molecule has 0 aliphatic carbocycles. The second-order valence-corrected chi connectivity index (χ2v) is 8.71. The molecule has 0 unspecified atom stereocenters. The molecule has 150 valence electrons. The SMILES string of the molecule is Cn1c(SCC(=O)c2ccc(NC(=O)C(C)(C)C)cc2)nc2ccccc2c1=O. The van der Waals surface area contributed by atoms with Gasteiger partial charge in [-0.15, -0.1) is 0 Å². The first-order valence-corrected chi connectivity index (χ1v) is 10.2. The summed E-state index contributed by atoms with van der Waals surface area (Å²) >= 11 is 1.23. The van der Waals surface area contributed by atoms with Gasteiger partial charge < -0.3 is 5.32 Å². The largest absolute Gasteiger partial charge is 0.326 e. The first-order chi connectivity index (χ1) is 13.7. The number of benzene rings is 2. The summed E-state index contributed by atoms with van der Waals surface area (Å²) in [4.78, 5) is 41.5. The van der Waals surface area contributed by atoms with Gasteiger partial charge in [0.15, 0.2) is 10.9 Å². The van der Waals surface area contributed by atoms with Crippen molar-refractivity contribution in [3.8, 4) is 0 Å². The van der Waals surface area contributed by atoms with Crippen LogP contribution in [0, 0.1) is 5.41 Å². The molecule has 1 heterocycles. The van der Waals surface area contributed by atoms with Crippen molar-refractivity contribution >= 4 is 40.0 Å². The fourth-order valence-corrected chi connectivity index (χ4v) is 3.46. The minimum Gasteiger partial charge on any atom is -0.326 e. The zero-order valence-corrected chi connectivity index (χ0v) is 17.7. The molecule has 3 rings (SSSR count). The number of anilines is 1. The molecule has 1 amide bonds. The predicted molar refractivity (Wildman–Crippen MR) is 117 cm³/mol. The highest BCUT2D eigenvalue weighted by molar-refractivity contribution is 7.99. The minimum absolute atomic E-state index is 0.0777. The van der Waals surface area contributed by atoms with Gasteiger partial charge in [0.05, 0.1) is 16.7 Å². The highest BCUT2D eigenvalue weighted by atomic mass is 32.2. The topological polar surface area (TPSA) is 81.1 Å². The third kappa shape index (κ3) is 4.74. The summed E-state index contributed by atoms with van der Waals surface area (Å²) in [6.45, 7) is 5.52. The van der Waals surface area contributed by atoms with E-state index < -0.39 is 5.41 Å². The van der Waals surface area contributed by atoms with E-state index in [9.17, 15) is 14.4 Å². The van der Waals surface area contributed by atoms with Gasteiger partial charge in [-0.05, 0) is 36.4 Å². The molecule has 7 heteroatoms. The van der Waals surface area contributed by atoms with E-state index in [4.69, 9.17) is 0 Å². The number of nitrogens with zero attached hydrogens (tertiary/aromatic N) is 2. The Kier molecular flexibility index (Phi) is 5.88. The summed E-state index contributed by atoms with van der Waals surface area (Å²) in [6.07, 6.45) is 0. The Morgan fingerprint density at radius 3 is 2.38 bits per heavy atom. The van der Waals surface area contributed by atoms with Crippen LogP contribution in [-0.4, -0.2) is 27.0 Å². The van der Waals surface area contributed by atoms with Gasteiger partial charge in [0, 0.05) is 23.7 Å². The number of thioether (sulfide) groups is 1. The molecule has 0 fully saturated rings. The maximum absolute atomic E-state index is 12.5. The maximum Gasteiger partial charge on any atom is 0.261 e. The second-order valence-electron chi connectivity index (χ2n) is 7.77. The molecule has 1 aromatic heterocycles. The summed E-state index contributed by atoms with van der Waals surface area (Å²) in [6, 6.07) is 14.0. The Balaban J connectivity index is 1.70. The number of nitrogens with one attached hydrogen (secondary N) is 1. The van der Waals surface area contributed by atoms with Crippen molar-refractivity contribution in [3.05, 3.63) is 64.4 Å². The van der Waals surface area contributed by atoms with E-state index in [0.717, 1.165) is 0 Å². The third-order valence-corrected chi connectivity index (χ3v) is 5.45. The Morgan fingerprint density at radius 1 is 1.07 bits per heavy atom. The second kappa shape index (κ2) is 8.21. The van der Waals surface area contributed by atoms with Crippen molar-refractivity contribution < 1.29 is 9.59 Å². The van der Waals surface area contributed by atoms with E-state index in [1.807, 2.05) is 26.8 Å². The highest BCUT2D eigenvalue weighted by Crippen LogP contribution is 2.20. The van der Waals surface area contributed by atoms with Gasteiger partial charge in [-0.1, -0.05) is 44.7 Å². The number of Topliss-reactive ketones (excluding diaryl/α,β-unsaturated/α-hetero) is 1. The van der Waals surface area contributed by atoms with E-state index in [1.165, 1.54) is 16.3 Å². The van der Waals surface area contributed by atoms with Gasteiger partial charge in [0.25, 0.3) is 5.56 Å². The van der Waals surface area contributed by atoms with Gasteiger partial charge in [-0.2, -0.15) is 0 Å². The van der Waals surface area contributed by atoms with E-state index in [0.29, 0.717) is 27.3 Å². The highest BCUT2D eigenvalue weighted by Gasteiger charge is 2.21. The van der Waals surface area contributed by atoms with Crippen LogP contribution in [0.1, 0.15) is 31.1 Å². The van der Waals surface area contributed by atoms with Crippen molar-refractivity contribution in [1.29, 1.82) is 0 Å². The maximum atomic E-state index is 12.5. The monoisotopic (exact) mass is 409 g/mol. The fraction of sp³-hybridized carbons (Fsp3) is 0.273. The summed E-state index contributed by atoms with van der Waals surface area (Å²) in [5.74, 6) is -0.00620. The van der Waals surface area contributed by atoms with Crippen LogP contribution in [0.3, 0.4) is 0 Å². The molecule has 0 radical (unpaired) electrons. The smallest absolute Gasteiger partial charge is 0.261 e. The minimum atomic E-state index is -0.492. The van der Waals surface area contributed by atoms with Crippen molar-refractivity contribution in [2.75, 3.05) is 11.1 Å². The molecule has 0 spiro atoms. The molecule has 0 aliphatic heterocycles. The van der Waals surface area contributed by atoms with Crippen molar-refractivity contribution in [2.45, 2.75) is 25.9 Å². The summed E-state index contributed by atoms with van der Waals surface area (Å²) in [7, 11) is 1.65. The molecule has 0 aliphatic rings. The van der Waals surface area contributed by atoms with Crippen LogP contribution in [0.2, 0.25) is 0 Å². The summed E-state index contributed by atoms with van der Waals surface area (Å²) in [5.41, 5.74) is 1.17. The van der Waals surface area contributed by atoms with Crippen LogP contribution in [0.4, 0.5) is 5.69 Å². The average molecular weight is 410 g/mol. The number of hydrogen-bond acceptors (Lipinski definition) is 5. The van der Waals surface area contributed by atoms with Crippen molar-refractivity contribution in [3.63, 3.8) is 0 Å². The molecule has 29 heavy (non-hydrogen) atoms. The number of carbonyl (C=O) groups excluding carboxylic acids is 2. The summed E-state index contributed by atoms with van der Waals surface area (Å²) in [5, 5.41) is 3.88. The lowest BCUT2D eigenvalue weighted by atomic mass is 9.95. The van der Waals surface area contributed by atoms with E-state index in [1.54, 1.807) is 49.5 Å². The molecule has 0 saturated carbocycles. The van der Waals surface area contributed by atoms with Crippen LogP contribution >= 0.6 is 11.8 Å². The molecule has 0 bridgehead atoms. The lowest BCUT2D eigenvalue weighted by Gasteiger charge is -2.17. The van der Waals surface area contributed by atoms with E-state index in [-0.39, 0.29) is 23.0 Å². The Hall–Kier alpha value is -2.93. The Labute approximate surface area is 173 Å². The van der Waals surface area contributed by atoms with E-state index >= 15 is 0 Å². The lowest BCUT2D eigenvalue weighted by Crippen LogP contribution is -2.27. The molecule has 2 aromatic carbocycles. The lowest BCUT2D eigenvalue weighted by molar-refractivity contribution is -0.123. The molecule has 0 atom stereocenters. The number of fused-ring (bicyclic) bond motifs is 1. The number of para-hydroxylation sites is 1. The Bertz CT molecular complexity index is 1130.